The molecule has 9 rings (SSSR count). The molecule has 1 atom stereocenters. The monoisotopic (exact) mass is 798 g/mol. The number of fused-ring (bicyclic) bond motifs is 3. The highest BCUT2D eigenvalue weighted by molar-refractivity contribution is 6.09. The van der Waals surface area contributed by atoms with Crippen LogP contribution in [0.2, 0.25) is 0 Å². The second-order valence-corrected chi connectivity index (χ2v) is 15.4. The van der Waals surface area contributed by atoms with Gasteiger partial charge in [0.05, 0.1) is 35.7 Å². The van der Waals surface area contributed by atoms with Crippen molar-refractivity contribution < 1.29 is 37.1 Å². The van der Waals surface area contributed by atoms with Gasteiger partial charge in [0.25, 0.3) is 18.2 Å². The summed E-state index contributed by atoms with van der Waals surface area (Å²) in [5.41, 5.74) is 2.41. The number of piperidine rings is 3. The lowest BCUT2D eigenvalue weighted by Gasteiger charge is -2.38. The van der Waals surface area contributed by atoms with Gasteiger partial charge >= 0.3 is 0 Å². The van der Waals surface area contributed by atoms with E-state index in [1.807, 2.05) is 15.8 Å². The number of nitrogens with one attached hydrogen (secondary N) is 2. The van der Waals surface area contributed by atoms with E-state index in [-0.39, 0.29) is 53.9 Å². The van der Waals surface area contributed by atoms with Gasteiger partial charge in [0, 0.05) is 80.3 Å². The van der Waals surface area contributed by atoms with Crippen molar-refractivity contribution in [1.82, 2.24) is 39.5 Å². The highest BCUT2D eigenvalue weighted by atomic mass is 19.3. The van der Waals surface area contributed by atoms with Crippen LogP contribution >= 0.6 is 0 Å². The zero-order valence-corrected chi connectivity index (χ0v) is 31.5. The van der Waals surface area contributed by atoms with Crippen molar-refractivity contribution in [2.24, 2.45) is 5.92 Å². The van der Waals surface area contributed by atoms with E-state index in [0.717, 1.165) is 50.7 Å². The predicted octanol–water partition coefficient (Wildman–Crippen LogP) is 4.43. The first-order valence-corrected chi connectivity index (χ1v) is 19.6. The van der Waals surface area contributed by atoms with Gasteiger partial charge in [0.2, 0.25) is 11.8 Å². The van der Waals surface area contributed by atoms with E-state index in [1.165, 1.54) is 15.6 Å². The van der Waals surface area contributed by atoms with Gasteiger partial charge in [-0.05, 0) is 62.3 Å². The largest absolute Gasteiger partial charge is 0.485 e. The van der Waals surface area contributed by atoms with Crippen LogP contribution in [-0.2, 0) is 16.1 Å². The van der Waals surface area contributed by atoms with E-state index in [9.17, 15) is 28.0 Å². The van der Waals surface area contributed by atoms with Gasteiger partial charge in [-0.15, -0.1) is 0 Å². The summed E-state index contributed by atoms with van der Waals surface area (Å²) >= 11 is 0. The van der Waals surface area contributed by atoms with E-state index >= 15 is 4.39 Å². The maximum absolute atomic E-state index is 16.0. The minimum atomic E-state index is -2.71. The van der Waals surface area contributed by atoms with E-state index in [2.05, 4.69) is 25.6 Å². The SMILES string of the molecule is O=C1CCC(N2Cc3c(ccc(N4CCC(CN5CCC(n6cc7cc(NC(=O)c8cnn9cccnc89)c(OCC(F)F)cc7n6)CC5)CC4)c3F)C2=O)C(=O)N1. The normalized spacial score (nSPS) is 19.7. The van der Waals surface area contributed by atoms with Crippen LogP contribution in [0.25, 0.3) is 16.6 Å². The Balaban J connectivity index is 0.802. The van der Waals surface area contributed by atoms with Gasteiger partial charge in [0.1, 0.15) is 24.0 Å². The molecule has 7 heterocycles. The average molecular weight is 799 g/mol. The molecule has 0 spiro atoms. The summed E-state index contributed by atoms with van der Waals surface area (Å²) in [6.07, 6.45) is 7.69. The molecule has 15 nitrogen and oxygen atoms in total. The Morgan fingerprint density at radius 3 is 2.62 bits per heavy atom. The summed E-state index contributed by atoms with van der Waals surface area (Å²) in [5, 5.41) is 14.7. The minimum absolute atomic E-state index is 0.000110. The Morgan fingerprint density at radius 2 is 1.84 bits per heavy atom. The molecule has 2 aromatic carbocycles. The van der Waals surface area contributed by atoms with Gasteiger partial charge in [-0.2, -0.15) is 10.2 Å². The number of carbonyl (C=O) groups is 4. The van der Waals surface area contributed by atoms with Crippen molar-refractivity contribution in [2.75, 3.05) is 49.5 Å². The molecule has 0 aliphatic carbocycles. The van der Waals surface area contributed by atoms with E-state index in [4.69, 9.17) is 9.84 Å². The Kier molecular flexibility index (Phi) is 9.95. The van der Waals surface area contributed by atoms with Crippen LogP contribution in [0.15, 0.2) is 55.1 Å². The summed E-state index contributed by atoms with van der Waals surface area (Å²) < 4.78 is 51.1. The molecule has 0 saturated carbocycles. The summed E-state index contributed by atoms with van der Waals surface area (Å²) in [4.78, 5) is 60.6. The molecule has 18 heteroatoms. The number of imide groups is 1. The Morgan fingerprint density at radius 1 is 1.03 bits per heavy atom. The molecule has 302 valence electrons. The third-order valence-corrected chi connectivity index (χ3v) is 11.8. The molecular formula is C40H41F3N10O5. The zero-order chi connectivity index (χ0) is 40.1. The van der Waals surface area contributed by atoms with Crippen LogP contribution < -0.4 is 20.3 Å². The third kappa shape index (κ3) is 7.20. The van der Waals surface area contributed by atoms with Crippen LogP contribution in [0.3, 0.4) is 0 Å². The van der Waals surface area contributed by atoms with Gasteiger partial charge in [-0.25, -0.2) is 22.7 Å². The molecule has 4 aliphatic rings. The Labute approximate surface area is 330 Å². The fourth-order valence-corrected chi connectivity index (χ4v) is 8.73. The molecular weight excluding hydrogens is 757 g/mol. The van der Waals surface area contributed by atoms with Gasteiger partial charge < -0.3 is 24.8 Å². The maximum atomic E-state index is 16.0. The molecule has 3 saturated heterocycles. The third-order valence-electron chi connectivity index (χ3n) is 11.8. The van der Waals surface area contributed by atoms with Gasteiger partial charge in [-0.3, -0.25) is 29.2 Å². The number of hydrogen-bond donors (Lipinski definition) is 2. The lowest BCUT2D eigenvalue weighted by Crippen LogP contribution is -2.52. The molecule has 2 N–H and O–H groups in total. The summed E-state index contributed by atoms with van der Waals surface area (Å²) in [5.74, 6) is -1.68. The van der Waals surface area contributed by atoms with Crippen LogP contribution in [-0.4, -0.2) is 110 Å². The van der Waals surface area contributed by atoms with Crippen molar-refractivity contribution in [1.29, 1.82) is 0 Å². The fraction of sp³-hybridized carbons (Fsp3) is 0.425. The van der Waals surface area contributed by atoms with Crippen molar-refractivity contribution in [3.05, 3.63) is 77.6 Å². The van der Waals surface area contributed by atoms with Crippen molar-refractivity contribution in [2.45, 2.75) is 63.6 Å². The van der Waals surface area contributed by atoms with Gasteiger partial charge in [-0.1, -0.05) is 0 Å². The Hall–Kier alpha value is -6.04. The first-order valence-electron chi connectivity index (χ1n) is 19.6. The first-order chi connectivity index (χ1) is 28.1. The summed E-state index contributed by atoms with van der Waals surface area (Å²) in [7, 11) is 0. The second kappa shape index (κ2) is 15.4. The maximum Gasteiger partial charge on any atom is 0.272 e. The number of aromatic nitrogens is 5. The molecule has 5 aromatic rings. The summed E-state index contributed by atoms with van der Waals surface area (Å²) in [6, 6.07) is 7.60. The number of benzene rings is 2. The average Bonchev–Trinajstić information content (AvgIpc) is 3.93. The predicted molar refractivity (Wildman–Crippen MR) is 204 cm³/mol. The minimum Gasteiger partial charge on any atom is -0.485 e. The highest BCUT2D eigenvalue weighted by Crippen LogP contribution is 2.37. The quantitative estimate of drug-likeness (QED) is 0.194. The van der Waals surface area contributed by atoms with E-state index < -0.39 is 42.6 Å². The molecule has 4 aliphatic heterocycles. The van der Waals surface area contributed by atoms with Gasteiger partial charge in [0.15, 0.2) is 11.5 Å². The first kappa shape index (κ1) is 37.5. The van der Waals surface area contributed by atoms with Crippen LogP contribution in [0.1, 0.15) is 70.8 Å². The topological polar surface area (TPSA) is 159 Å². The number of carbonyl (C=O) groups excluding carboxylic acids is 4. The molecule has 58 heavy (non-hydrogen) atoms. The Bertz CT molecular complexity index is 2420. The van der Waals surface area contributed by atoms with Crippen LogP contribution in [0.5, 0.6) is 5.75 Å². The number of amides is 4. The number of hydrogen-bond acceptors (Lipinski definition) is 10. The molecule has 1 unspecified atom stereocenters. The number of alkyl halides is 2. The number of likely N-dealkylation sites (tertiary alicyclic amines) is 1. The standard InChI is InChI=1S/C40H41F3N10O5/c41-34(42)22-58-33-17-29-24(16-30(33)46-38(55)27-18-45-52-11-1-10-44-37(27)52)20-53(48-29)25-8-12-49(13-9-25)19-23-6-14-50(15-7-23)31-3-2-26-28(36(31)43)21-51(40(26)57)32-4-5-35(54)47-39(32)56/h1-3,10-11,16-18,20,23,25,32,34H,4-9,12-15,19,21-22H2,(H,46,55)(H,47,54,56). The van der Waals surface area contributed by atoms with E-state index in [0.29, 0.717) is 41.4 Å². The fourth-order valence-electron chi connectivity index (χ4n) is 8.73. The zero-order valence-electron chi connectivity index (χ0n) is 31.5. The molecule has 0 radical (unpaired) electrons. The molecule has 0 bridgehead atoms. The number of rotatable bonds is 10. The summed E-state index contributed by atoms with van der Waals surface area (Å²) in [6.45, 7) is 3.20. The molecule has 3 fully saturated rings. The van der Waals surface area contributed by atoms with Crippen LogP contribution in [0.4, 0.5) is 24.5 Å². The second-order valence-electron chi connectivity index (χ2n) is 15.4. The number of halogens is 3. The smallest absolute Gasteiger partial charge is 0.272 e. The van der Waals surface area contributed by atoms with Crippen molar-refractivity contribution in [3.63, 3.8) is 0 Å². The number of nitrogens with zero attached hydrogens (tertiary/aromatic N) is 8. The van der Waals surface area contributed by atoms with Crippen molar-refractivity contribution >= 4 is 51.6 Å². The van der Waals surface area contributed by atoms with E-state index in [1.54, 1.807) is 42.7 Å². The van der Waals surface area contributed by atoms with Crippen molar-refractivity contribution in [3.8, 4) is 5.75 Å². The molecule has 4 amide bonds. The number of anilines is 2. The van der Waals surface area contributed by atoms with Crippen LogP contribution in [0, 0.1) is 11.7 Å². The number of ether oxygens (including phenoxy) is 1. The lowest BCUT2D eigenvalue weighted by atomic mass is 9.94. The lowest BCUT2D eigenvalue weighted by molar-refractivity contribution is -0.136. The highest BCUT2D eigenvalue weighted by Gasteiger charge is 2.41. The molecule has 3 aromatic heterocycles.